The molecule has 1 unspecified atom stereocenters. The van der Waals surface area contributed by atoms with Gasteiger partial charge in [0.15, 0.2) is 5.65 Å². The molecule has 2 aromatic heterocycles. The zero-order valence-electron chi connectivity index (χ0n) is 13.3. The molecule has 0 saturated carbocycles. The number of aryl methyl sites for hydroxylation is 1. The largest absolute Gasteiger partial charge is 0.384 e. The number of hydrogen-bond donors (Lipinski definition) is 2. The lowest BCUT2D eigenvalue weighted by Gasteiger charge is -2.24. The Morgan fingerprint density at radius 1 is 1.33 bits per heavy atom. The van der Waals surface area contributed by atoms with Crippen LogP contribution >= 0.6 is 0 Å². The van der Waals surface area contributed by atoms with Crippen molar-refractivity contribution in [1.82, 2.24) is 19.9 Å². The number of fused-ring (bicyclic) bond motifs is 1. The number of aliphatic hydroxyl groups is 1. The lowest BCUT2D eigenvalue weighted by Crippen LogP contribution is -2.38. The molecule has 2 heterocycles. The Morgan fingerprint density at radius 3 is 2.75 bits per heavy atom. The van der Waals surface area contributed by atoms with Crippen molar-refractivity contribution in [3.8, 4) is 0 Å². The molecule has 3 rings (SSSR count). The molecule has 0 bridgehead atoms. The third kappa shape index (κ3) is 3.11. The normalized spacial score (nSPS) is 13.7. The molecule has 2 N–H and O–H groups in total. The van der Waals surface area contributed by atoms with E-state index < -0.39 is 5.60 Å². The summed E-state index contributed by atoms with van der Waals surface area (Å²) >= 11 is 0. The summed E-state index contributed by atoms with van der Waals surface area (Å²) in [5.41, 5.74) is 0.866. The lowest BCUT2D eigenvalue weighted by molar-refractivity contribution is 0.0526. The van der Waals surface area contributed by atoms with Crippen LogP contribution in [0.2, 0.25) is 0 Å². The van der Waals surface area contributed by atoms with E-state index >= 15 is 0 Å². The van der Waals surface area contributed by atoms with Gasteiger partial charge in [0, 0.05) is 13.2 Å². The summed E-state index contributed by atoms with van der Waals surface area (Å²) in [5.74, 6) is -0.745. The van der Waals surface area contributed by atoms with E-state index in [1.165, 1.54) is 30.5 Å². The van der Waals surface area contributed by atoms with Crippen LogP contribution in [0.25, 0.3) is 11.2 Å². The second-order valence-electron chi connectivity index (χ2n) is 5.89. The average Bonchev–Trinajstić information content (AvgIpc) is 2.94. The molecule has 0 spiro atoms. The van der Waals surface area contributed by atoms with Gasteiger partial charge in [-0.05, 0) is 30.7 Å². The summed E-state index contributed by atoms with van der Waals surface area (Å²) in [4.78, 5) is 20.6. The molecule has 0 fully saturated rings. The van der Waals surface area contributed by atoms with Crippen LogP contribution in [0.1, 0.15) is 22.8 Å². The van der Waals surface area contributed by atoms with Gasteiger partial charge in [0.25, 0.3) is 5.91 Å². The minimum absolute atomic E-state index is 0.0161. The Labute approximate surface area is 138 Å². The molecule has 1 amide bonds. The fraction of sp³-hybridized carbons (Fsp3) is 0.235. The zero-order valence-corrected chi connectivity index (χ0v) is 13.3. The maximum atomic E-state index is 13.0. The highest BCUT2D eigenvalue weighted by molar-refractivity contribution is 5.96. The molecule has 24 heavy (non-hydrogen) atoms. The number of hydrogen-bond acceptors (Lipinski definition) is 4. The summed E-state index contributed by atoms with van der Waals surface area (Å²) in [5, 5.41) is 13.1. The molecular weight excluding hydrogens is 311 g/mol. The predicted molar refractivity (Wildman–Crippen MR) is 86.8 cm³/mol. The molecule has 0 radical (unpaired) electrons. The summed E-state index contributed by atoms with van der Waals surface area (Å²) in [7, 11) is 1.82. The Hall–Kier alpha value is -2.80. The third-order valence-electron chi connectivity index (χ3n) is 3.87. The van der Waals surface area contributed by atoms with E-state index in [-0.39, 0.29) is 18.3 Å². The first-order valence-corrected chi connectivity index (χ1v) is 7.40. The first-order valence-electron chi connectivity index (χ1n) is 7.40. The maximum Gasteiger partial charge on any atom is 0.253 e. The van der Waals surface area contributed by atoms with Crippen molar-refractivity contribution in [2.75, 3.05) is 6.54 Å². The molecule has 3 aromatic rings. The first-order chi connectivity index (χ1) is 11.4. The van der Waals surface area contributed by atoms with E-state index in [4.69, 9.17) is 0 Å². The summed E-state index contributed by atoms with van der Waals surface area (Å²) in [6.07, 6.45) is 3.09. The Kier molecular flexibility index (Phi) is 4.02. The van der Waals surface area contributed by atoms with Gasteiger partial charge in [-0.15, -0.1) is 0 Å². The van der Waals surface area contributed by atoms with Crippen LogP contribution < -0.4 is 5.32 Å². The topological polar surface area (TPSA) is 80.0 Å². The van der Waals surface area contributed by atoms with Crippen molar-refractivity contribution < 1.29 is 14.3 Å². The van der Waals surface area contributed by atoms with E-state index in [1.54, 1.807) is 23.9 Å². The van der Waals surface area contributed by atoms with E-state index in [9.17, 15) is 14.3 Å². The summed E-state index contributed by atoms with van der Waals surface area (Å²) in [6, 6.07) is 7.16. The summed E-state index contributed by atoms with van der Waals surface area (Å²) in [6.45, 7) is 1.54. The first kappa shape index (κ1) is 16.1. The fourth-order valence-corrected chi connectivity index (χ4v) is 2.41. The lowest BCUT2D eigenvalue weighted by atomic mass is 9.96. The van der Waals surface area contributed by atoms with Gasteiger partial charge in [-0.3, -0.25) is 4.79 Å². The van der Waals surface area contributed by atoms with Gasteiger partial charge in [0.1, 0.15) is 16.9 Å². The standard InChI is InChI=1S/C17H17FN4O2/c1-17(24,12-3-5-13(18)6-4-12)9-20-16(23)11-7-14-15(19-8-11)22(2)10-21-14/h3-8,10,24H,9H2,1-2H3,(H,20,23). The van der Waals surface area contributed by atoms with Crippen molar-refractivity contribution >= 4 is 17.1 Å². The average molecular weight is 328 g/mol. The SMILES string of the molecule is Cn1cnc2cc(C(=O)NCC(C)(O)c3ccc(F)cc3)cnc21. The molecule has 7 heteroatoms. The van der Waals surface area contributed by atoms with Crippen LogP contribution in [0, 0.1) is 5.82 Å². The maximum absolute atomic E-state index is 13.0. The Morgan fingerprint density at radius 2 is 2.04 bits per heavy atom. The van der Waals surface area contributed by atoms with Gasteiger partial charge in [0.05, 0.1) is 18.4 Å². The number of nitrogens with zero attached hydrogens (tertiary/aromatic N) is 3. The summed E-state index contributed by atoms with van der Waals surface area (Å²) < 4.78 is 14.7. The van der Waals surface area contributed by atoms with E-state index in [1.807, 2.05) is 7.05 Å². The zero-order chi connectivity index (χ0) is 17.3. The number of carbonyl (C=O) groups is 1. The number of carbonyl (C=O) groups excluding carboxylic acids is 1. The third-order valence-corrected chi connectivity index (χ3v) is 3.87. The minimum Gasteiger partial charge on any atom is -0.384 e. The number of pyridine rings is 1. The van der Waals surface area contributed by atoms with Crippen LogP contribution in [0.15, 0.2) is 42.9 Å². The number of benzene rings is 1. The molecule has 1 atom stereocenters. The highest BCUT2D eigenvalue weighted by atomic mass is 19.1. The van der Waals surface area contributed by atoms with Crippen LogP contribution in [0.5, 0.6) is 0 Å². The van der Waals surface area contributed by atoms with Gasteiger partial charge in [-0.2, -0.15) is 0 Å². The predicted octanol–water partition coefficient (Wildman–Crippen LogP) is 1.74. The highest BCUT2D eigenvalue weighted by Crippen LogP contribution is 2.20. The molecule has 0 saturated heterocycles. The monoisotopic (exact) mass is 328 g/mol. The second kappa shape index (κ2) is 6.01. The van der Waals surface area contributed by atoms with Crippen molar-refractivity contribution in [2.24, 2.45) is 7.05 Å². The van der Waals surface area contributed by atoms with Crippen molar-refractivity contribution in [3.05, 3.63) is 59.8 Å². The fourth-order valence-electron chi connectivity index (χ4n) is 2.41. The molecule has 0 aliphatic rings. The van der Waals surface area contributed by atoms with Crippen LogP contribution in [-0.4, -0.2) is 32.1 Å². The van der Waals surface area contributed by atoms with E-state index in [0.717, 1.165) is 0 Å². The highest BCUT2D eigenvalue weighted by Gasteiger charge is 2.24. The van der Waals surface area contributed by atoms with Crippen LogP contribution in [0.4, 0.5) is 4.39 Å². The Balaban J connectivity index is 1.72. The second-order valence-corrected chi connectivity index (χ2v) is 5.89. The smallest absolute Gasteiger partial charge is 0.253 e. The molecule has 0 aliphatic carbocycles. The van der Waals surface area contributed by atoms with Crippen molar-refractivity contribution in [3.63, 3.8) is 0 Å². The molecular formula is C17H17FN4O2. The van der Waals surface area contributed by atoms with Gasteiger partial charge >= 0.3 is 0 Å². The van der Waals surface area contributed by atoms with E-state index in [2.05, 4.69) is 15.3 Å². The number of rotatable bonds is 4. The van der Waals surface area contributed by atoms with Crippen molar-refractivity contribution in [1.29, 1.82) is 0 Å². The molecule has 6 nitrogen and oxygen atoms in total. The quantitative estimate of drug-likeness (QED) is 0.764. The van der Waals surface area contributed by atoms with Gasteiger partial charge in [-0.25, -0.2) is 14.4 Å². The number of halogens is 1. The van der Waals surface area contributed by atoms with Crippen molar-refractivity contribution in [2.45, 2.75) is 12.5 Å². The molecule has 0 aliphatic heterocycles. The van der Waals surface area contributed by atoms with Gasteiger partial charge in [0.2, 0.25) is 0 Å². The number of nitrogens with one attached hydrogen (secondary N) is 1. The molecule has 1 aromatic carbocycles. The van der Waals surface area contributed by atoms with Gasteiger partial charge in [-0.1, -0.05) is 12.1 Å². The minimum atomic E-state index is -1.31. The van der Waals surface area contributed by atoms with Gasteiger partial charge < -0.3 is 15.0 Å². The molecule has 124 valence electrons. The number of imidazole rings is 1. The number of aromatic nitrogens is 3. The van der Waals surface area contributed by atoms with Crippen LogP contribution in [0.3, 0.4) is 0 Å². The Bertz CT molecular complexity index is 887. The van der Waals surface area contributed by atoms with Crippen LogP contribution in [-0.2, 0) is 12.6 Å². The van der Waals surface area contributed by atoms with E-state index in [0.29, 0.717) is 22.3 Å². The number of amides is 1.